The normalized spacial score (nSPS) is 15.8. The molecule has 0 spiro atoms. The van der Waals surface area contributed by atoms with Gasteiger partial charge in [0.2, 0.25) is 5.78 Å². The number of nitrogens with zero attached hydrogens (tertiary/aromatic N) is 5. The molecule has 0 atom stereocenters. The number of morpholine rings is 1. The molecule has 2 aliphatic rings. The molecular weight excluding hydrogens is 516 g/mol. The third kappa shape index (κ3) is 6.19. The SMILES string of the molecule is CC#CC(=O)CC1CN(Cc2ccnc(C(=O)Cc3ccc(-c4cc5c(N6CCOCC6)ncnc5[nH]4)cc3)c2)C1. The van der Waals surface area contributed by atoms with E-state index >= 15 is 0 Å². The van der Waals surface area contributed by atoms with Crippen LogP contribution >= 0.6 is 0 Å². The first-order chi connectivity index (χ1) is 20.1. The first-order valence-electron chi connectivity index (χ1n) is 14.0. The number of fused-ring (bicyclic) bond motifs is 1. The molecule has 0 saturated carbocycles. The molecule has 1 aromatic carbocycles. The maximum atomic E-state index is 13.1. The highest BCUT2D eigenvalue weighted by Crippen LogP contribution is 2.29. The van der Waals surface area contributed by atoms with Crippen LogP contribution in [0.15, 0.2) is 55.0 Å². The summed E-state index contributed by atoms with van der Waals surface area (Å²) in [7, 11) is 0. The number of pyridine rings is 1. The zero-order valence-electron chi connectivity index (χ0n) is 23.1. The summed E-state index contributed by atoms with van der Waals surface area (Å²) in [5.74, 6) is 6.56. The van der Waals surface area contributed by atoms with Crippen molar-refractivity contribution in [3.05, 3.63) is 71.8 Å². The molecule has 5 heterocycles. The third-order valence-corrected chi connectivity index (χ3v) is 7.63. The molecule has 9 nitrogen and oxygen atoms in total. The van der Waals surface area contributed by atoms with Gasteiger partial charge in [-0.05, 0) is 53.7 Å². The second-order valence-electron chi connectivity index (χ2n) is 10.7. The maximum absolute atomic E-state index is 13.1. The van der Waals surface area contributed by atoms with Crippen LogP contribution in [0, 0.1) is 17.8 Å². The van der Waals surface area contributed by atoms with E-state index in [-0.39, 0.29) is 18.0 Å². The van der Waals surface area contributed by atoms with E-state index in [1.54, 1.807) is 19.4 Å². The van der Waals surface area contributed by atoms with Crippen molar-refractivity contribution in [3.8, 4) is 23.1 Å². The van der Waals surface area contributed by atoms with Crippen LogP contribution in [-0.2, 0) is 22.5 Å². The Bertz CT molecular complexity index is 1620. The number of benzene rings is 1. The van der Waals surface area contributed by atoms with Crippen LogP contribution in [0.5, 0.6) is 0 Å². The van der Waals surface area contributed by atoms with Gasteiger partial charge in [-0.2, -0.15) is 0 Å². The van der Waals surface area contributed by atoms with Crippen molar-refractivity contribution in [1.29, 1.82) is 0 Å². The summed E-state index contributed by atoms with van der Waals surface area (Å²) in [6.07, 6.45) is 4.09. The van der Waals surface area contributed by atoms with Crippen molar-refractivity contribution in [3.63, 3.8) is 0 Å². The standard InChI is InChI=1S/C32H32N6O3/c1-2-3-26(39)14-24-19-37(20-24)18-23-8-9-33-29(15-23)30(40)16-22-4-6-25(7-5-22)28-17-27-31(36-28)34-21-35-32(27)38-10-12-41-13-11-38/h4-9,15,17,21,24H,10-14,16,18-20H2,1H3,(H,34,35,36). The Labute approximate surface area is 239 Å². The molecule has 0 amide bonds. The van der Waals surface area contributed by atoms with Crippen LogP contribution < -0.4 is 4.90 Å². The van der Waals surface area contributed by atoms with E-state index in [9.17, 15) is 9.59 Å². The van der Waals surface area contributed by atoms with Gasteiger partial charge in [-0.3, -0.25) is 19.5 Å². The van der Waals surface area contributed by atoms with Crippen molar-refractivity contribution in [1.82, 2.24) is 24.8 Å². The molecular formula is C32H32N6O3. The third-order valence-electron chi connectivity index (χ3n) is 7.63. The average molecular weight is 549 g/mol. The summed E-state index contributed by atoms with van der Waals surface area (Å²) in [6.45, 7) is 7.17. The molecule has 2 aliphatic heterocycles. The molecule has 41 heavy (non-hydrogen) atoms. The topological polar surface area (TPSA) is 104 Å². The Hall–Kier alpha value is -4.39. The number of anilines is 1. The van der Waals surface area contributed by atoms with Crippen LogP contribution in [0.2, 0.25) is 0 Å². The van der Waals surface area contributed by atoms with Gasteiger partial charge in [0.1, 0.15) is 23.5 Å². The number of Topliss-reactive ketones (excluding diaryl/α,β-unsaturated/α-hetero) is 2. The van der Waals surface area contributed by atoms with E-state index in [1.165, 1.54) is 0 Å². The zero-order chi connectivity index (χ0) is 28.2. The molecule has 0 aliphatic carbocycles. The average Bonchev–Trinajstić information content (AvgIpc) is 3.42. The van der Waals surface area contributed by atoms with Gasteiger partial charge in [0.05, 0.1) is 18.6 Å². The van der Waals surface area contributed by atoms with Gasteiger partial charge in [0.15, 0.2) is 5.78 Å². The first kappa shape index (κ1) is 26.8. The lowest BCUT2D eigenvalue weighted by atomic mass is 9.93. The van der Waals surface area contributed by atoms with Crippen LogP contribution in [0.1, 0.15) is 35.0 Å². The van der Waals surface area contributed by atoms with Crippen LogP contribution in [-0.4, -0.2) is 75.8 Å². The number of rotatable bonds is 9. The van der Waals surface area contributed by atoms with E-state index in [1.807, 2.05) is 36.4 Å². The molecule has 208 valence electrons. The van der Waals surface area contributed by atoms with Crippen LogP contribution in [0.3, 0.4) is 0 Å². The van der Waals surface area contributed by atoms with Crippen LogP contribution in [0.25, 0.3) is 22.3 Å². The molecule has 4 aromatic rings. The fourth-order valence-electron chi connectivity index (χ4n) is 5.56. The first-order valence-corrected chi connectivity index (χ1v) is 14.0. The lowest BCUT2D eigenvalue weighted by Crippen LogP contribution is -2.46. The van der Waals surface area contributed by atoms with E-state index in [4.69, 9.17) is 4.74 Å². The number of hydrogen-bond acceptors (Lipinski definition) is 8. The Kier molecular flexibility index (Phi) is 7.85. The van der Waals surface area contributed by atoms with Gasteiger partial charge in [0, 0.05) is 57.5 Å². The number of hydrogen-bond donors (Lipinski definition) is 1. The number of nitrogens with one attached hydrogen (secondary N) is 1. The van der Waals surface area contributed by atoms with Gasteiger partial charge in [-0.25, -0.2) is 9.97 Å². The number of H-pyrrole nitrogens is 1. The minimum Gasteiger partial charge on any atom is -0.378 e. The molecule has 0 radical (unpaired) electrons. The van der Waals surface area contributed by atoms with Crippen molar-refractivity contribution < 1.29 is 14.3 Å². The number of aromatic amines is 1. The summed E-state index contributed by atoms with van der Waals surface area (Å²) < 4.78 is 5.49. The highest BCUT2D eigenvalue weighted by molar-refractivity contribution is 5.96. The van der Waals surface area contributed by atoms with Gasteiger partial charge in [0.25, 0.3) is 0 Å². The van der Waals surface area contributed by atoms with Gasteiger partial charge < -0.3 is 14.6 Å². The van der Waals surface area contributed by atoms with E-state index in [0.29, 0.717) is 31.2 Å². The van der Waals surface area contributed by atoms with Gasteiger partial charge >= 0.3 is 0 Å². The highest BCUT2D eigenvalue weighted by atomic mass is 16.5. The Morgan fingerprint density at radius 3 is 2.61 bits per heavy atom. The minimum atomic E-state index is -0.0131. The molecule has 3 aromatic heterocycles. The number of ether oxygens (including phenoxy) is 1. The Morgan fingerprint density at radius 1 is 1.02 bits per heavy atom. The second-order valence-corrected chi connectivity index (χ2v) is 10.7. The molecule has 9 heteroatoms. The smallest absolute Gasteiger partial charge is 0.205 e. The summed E-state index contributed by atoms with van der Waals surface area (Å²) in [5, 5.41) is 0.989. The van der Waals surface area contributed by atoms with Crippen molar-refractivity contribution >= 4 is 28.4 Å². The zero-order valence-corrected chi connectivity index (χ0v) is 23.1. The summed E-state index contributed by atoms with van der Waals surface area (Å²) in [5.41, 5.74) is 5.23. The largest absolute Gasteiger partial charge is 0.378 e. The van der Waals surface area contributed by atoms with E-state index < -0.39 is 0 Å². The lowest BCUT2D eigenvalue weighted by Gasteiger charge is -2.38. The summed E-state index contributed by atoms with van der Waals surface area (Å²) >= 11 is 0. The number of carbonyl (C=O) groups excluding carboxylic acids is 2. The molecule has 0 bridgehead atoms. The van der Waals surface area contributed by atoms with E-state index in [0.717, 1.165) is 72.0 Å². The summed E-state index contributed by atoms with van der Waals surface area (Å²) in [6, 6.07) is 13.9. The fourth-order valence-corrected chi connectivity index (χ4v) is 5.56. The number of ketones is 2. The number of aromatic nitrogens is 4. The Balaban J connectivity index is 1.08. The lowest BCUT2D eigenvalue weighted by molar-refractivity contribution is -0.116. The molecule has 1 N–H and O–H groups in total. The fraction of sp³-hybridized carbons (Fsp3) is 0.344. The highest BCUT2D eigenvalue weighted by Gasteiger charge is 2.28. The van der Waals surface area contributed by atoms with Crippen molar-refractivity contribution in [2.75, 3.05) is 44.3 Å². The van der Waals surface area contributed by atoms with Crippen molar-refractivity contribution in [2.24, 2.45) is 5.92 Å². The molecule has 2 saturated heterocycles. The maximum Gasteiger partial charge on any atom is 0.205 e. The predicted molar refractivity (Wildman–Crippen MR) is 156 cm³/mol. The minimum absolute atomic E-state index is 0.00974. The second kappa shape index (κ2) is 12.0. The molecule has 2 fully saturated rings. The van der Waals surface area contributed by atoms with Gasteiger partial charge in [-0.1, -0.05) is 30.2 Å². The van der Waals surface area contributed by atoms with Gasteiger partial charge in [-0.15, -0.1) is 0 Å². The van der Waals surface area contributed by atoms with Crippen molar-refractivity contribution in [2.45, 2.75) is 26.3 Å². The van der Waals surface area contributed by atoms with Crippen LogP contribution in [0.4, 0.5) is 5.82 Å². The Morgan fingerprint density at radius 2 is 1.83 bits per heavy atom. The molecule has 6 rings (SSSR count). The molecule has 0 unspecified atom stereocenters. The monoisotopic (exact) mass is 548 g/mol. The number of carbonyl (C=O) groups is 2. The predicted octanol–water partition coefficient (Wildman–Crippen LogP) is 3.70. The quantitative estimate of drug-likeness (QED) is 0.192. The number of likely N-dealkylation sites (tertiary alicyclic amines) is 1. The van der Waals surface area contributed by atoms with E-state index in [2.05, 4.69) is 47.6 Å². The summed E-state index contributed by atoms with van der Waals surface area (Å²) in [4.78, 5) is 46.0.